The molecular weight excluding hydrogens is 376 g/mol. The SMILES string of the molecule is CC1(C(=O)O)CCN(S(=O)(=O)c2cc(Br)cc(C(N)=O)c2)C1. The molecule has 0 aromatic heterocycles. The van der Waals surface area contributed by atoms with Crippen LogP contribution in [0.4, 0.5) is 0 Å². The number of nitrogens with zero attached hydrogens (tertiary/aromatic N) is 1. The summed E-state index contributed by atoms with van der Waals surface area (Å²) in [5, 5.41) is 9.20. The zero-order valence-corrected chi connectivity index (χ0v) is 14.1. The van der Waals surface area contributed by atoms with E-state index in [2.05, 4.69) is 15.9 Å². The zero-order chi connectivity index (χ0) is 16.7. The average Bonchev–Trinajstić information content (AvgIpc) is 2.83. The zero-order valence-electron chi connectivity index (χ0n) is 11.7. The summed E-state index contributed by atoms with van der Waals surface area (Å²) in [6, 6.07) is 3.98. The molecule has 1 unspecified atom stereocenters. The van der Waals surface area contributed by atoms with E-state index >= 15 is 0 Å². The summed E-state index contributed by atoms with van der Waals surface area (Å²) in [6.07, 6.45) is 0.234. The molecule has 7 nitrogen and oxygen atoms in total. The Morgan fingerprint density at radius 3 is 2.50 bits per heavy atom. The van der Waals surface area contributed by atoms with Gasteiger partial charge in [0.05, 0.1) is 10.3 Å². The largest absolute Gasteiger partial charge is 0.481 e. The fourth-order valence-electron chi connectivity index (χ4n) is 2.30. The van der Waals surface area contributed by atoms with Gasteiger partial charge in [0.1, 0.15) is 0 Å². The number of rotatable bonds is 4. The Morgan fingerprint density at radius 1 is 1.36 bits per heavy atom. The van der Waals surface area contributed by atoms with Gasteiger partial charge in [-0.2, -0.15) is 4.31 Å². The third-order valence-electron chi connectivity index (χ3n) is 3.75. The summed E-state index contributed by atoms with van der Waals surface area (Å²) in [5.74, 6) is -1.77. The van der Waals surface area contributed by atoms with Crippen LogP contribution in [0.3, 0.4) is 0 Å². The number of benzene rings is 1. The molecule has 1 atom stereocenters. The number of aliphatic carboxylic acids is 1. The molecule has 1 aromatic rings. The van der Waals surface area contributed by atoms with Crippen LogP contribution in [0, 0.1) is 5.41 Å². The maximum atomic E-state index is 12.6. The van der Waals surface area contributed by atoms with Crippen molar-refractivity contribution < 1.29 is 23.1 Å². The van der Waals surface area contributed by atoms with E-state index in [-0.39, 0.29) is 30.0 Å². The molecule has 0 aliphatic carbocycles. The molecule has 0 saturated carbocycles. The molecule has 120 valence electrons. The maximum absolute atomic E-state index is 12.6. The van der Waals surface area contributed by atoms with Crippen molar-refractivity contribution in [3.05, 3.63) is 28.2 Å². The second-order valence-corrected chi connectivity index (χ2v) is 8.35. The van der Waals surface area contributed by atoms with Crippen molar-refractivity contribution in [3.8, 4) is 0 Å². The number of carboxylic acids is 1. The summed E-state index contributed by atoms with van der Waals surface area (Å²) in [6.45, 7) is 1.52. The van der Waals surface area contributed by atoms with Crippen LogP contribution >= 0.6 is 15.9 Å². The summed E-state index contributed by atoms with van der Waals surface area (Å²) < 4.78 is 26.8. The molecule has 3 N–H and O–H groups in total. The number of carboxylic acid groups (broad SMARTS) is 1. The van der Waals surface area contributed by atoms with Crippen molar-refractivity contribution in [2.75, 3.05) is 13.1 Å². The number of carbonyl (C=O) groups is 2. The van der Waals surface area contributed by atoms with E-state index in [1.54, 1.807) is 0 Å². The lowest BCUT2D eigenvalue weighted by molar-refractivity contribution is -0.146. The van der Waals surface area contributed by atoms with Gasteiger partial charge in [-0.25, -0.2) is 8.42 Å². The number of hydrogen-bond acceptors (Lipinski definition) is 4. The van der Waals surface area contributed by atoms with Crippen LogP contribution < -0.4 is 5.73 Å². The molecule has 0 spiro atoms. The van der Waals surface area contributed by atoms with Crippen LogP contribution in [0.5, 0.6) is 0 Å². The first kappa shape index (κ1) is 16.9. The van der Waals surface area contributed by atoms with Crippen molar-refractivity contribution >= 4 is 37.8 Å². The Bertz CT molecular complexity index is 749. The number of sulfonamides is 1. The van der Waals surface area contributed by atoms with Gasteiger partial charge in [0.25, 0.3) is 0 Å². The van der Waals surface area contributed by atoms with Gasteiger partial charge >= 0.3 is 5.97 Å². The minimum atomic E-state index is -3.89. The first-order valence-electron chi connectivity index (χ1n) is 6.40. The van der Waals surface area contributed by atoms with Gasteiger partial charge in [-0.3, -0.25) is 9.59 Å². The fourth-order valence-corrected chi connectivity index (χ4v) is 4.58. The van der Waals surface area contributed by atoms with E-state index in [0.29, 0.717) is 4.47 Å². The second kappa shape index (κ2) is 5.64. The number of carbonyl (C=O) groups excluding carboxylic acids is 1. The van der Waals surface area contributed by atoms with Gasteiger partial charge < -0.3 is 10.8 Å². The molecule has 2 rings (SSSR count). The first-order valence-corrected chi connectivity index (χ1v) is 8.63. The lowest BCUT2D eigenvalue weighted by Gasteiger charge is -2.20. The predicted octanol–water partition coefficient (Wildman–Crippen LogP) is 1.03. The van der Waals surface area contributed by atoms with Crippen LogP contribution in [0.15, 0.2) is 27.6 Å². The Morgan fingerprint density at radius 2 is 2.00 bits per heavy atom. The monoisotopic (exact) mass is 390 g/mol. The van der Waals surface area contributed by atoms with Crippen LogP contribution in [-0.2, 0) is 14.8 Å². The first-order chi connectivity index (χ1) is 10.1. The van der Waals surface area contributed by atoms with Gasteiger partial charge in [0, 0.05) is 23.1 Å². The van der Waals surface area contributed by atoms with Crippen molar-refractivity contribution in [2.24, 2.45) is 11.1 Å². The molecular formula is C13H15BrN2O5S. The molecule has 9 heteroatoms. The molecule has 1 aliphatic heterocycles. The summed E-state index contributed by atoms with van der Waals surface area (Å²) in [5.41, 5.74) is 4.14. The lowest BCUT2D eigenvalue weighted by Crippen LogP contribution is -2.35. The summed E-state index contributed by atoms with van der Waals surface area (Å²) in [7, 11) is -3.89. The highest BCUT2D eigenvalue weighted by Crippen LogP contribution is 2.34. The van der Waals surface area contributed by atoms with Crippen LogP contribution in [0.1, 0.15) is 23.7 Å². The van der Waals surface area contributed by atoms with Crippen molar-refractivity contribution in [1.29, 1.82) is 0 Å². The highest BCUT2D eigenvalue weighted by atomic mass is 79.9. The normalized spacial score (nSPS) is 22.6. The van der Waals surface area contributed by atoms with E-state index < -0.39 is 27.3 Å². The summed E-state index contributed by atoms with van der Waals surface area (Å²) in [4.78, 5) is 22.4. The highest BCUT2D eigenvalue weighted by molar-refractivity contribution is 9.10. The number of nitrogens with two attached hydrogens (primary N) is 1. The van der Waals surface area contributed by atoms with Gasteiger partial charge in [-0.15, -0.1) is 0 Å². The topological polar surface area (TPSA) is 118 Å². The van der Waals surface area contributed by atoms with Crippen LogP contribution in [-0.4, -0.2) is 42.8 Å². The van der Waals surface area contributed by atoms with E-state index in [1.165, 1.54) is 25.1 Å². The lowest BCUT2D eigenvalue weighted by atomic mass is 9.90. The van der Waals surface area contributed by atoms with Crippen LogP contribution in [0.25, 0.3) is 0 Å². The molecule has 0 bridgehead atoms. The number of primary amides is 1. The minimum absolute atomic E-state index is 0.0631. The number of halogens is 1. The molecule has 0 radical (unpaired) electrons. The predicted molar refractivity (Wildman–Crippen MR) is 81.8 cm³/mol. The average molecular weight is 391 g/mol. The van der Waals surface area contributed by atoms with Gasteiger partial charge in [0.2, 0.25) is 15.9 Å². The van der Waals surface area contributed by atoms with E-state index in [0.717, 1.165) is 4.31 Å². The van der Waals surface area contributed by atoms with Crippen molar-refractivity contribution in [2.45, 2.75) is 18.2 Å². The van der Waals surface area contributed by atoms with Gasteiger partial charge in [-0.1, -0.05) is 15.9 Å². The maximum Gasteiger partial charge on any atom is 0.310 e. The molecule has 1 amide bonds. The van der Waals surface area contributed by atoms with Gasteiger partial charge in [0.15, 0.2) is 0 Å². The minimum Gasteiger partial charge on any atom is -0.481 e. The molecule has 1 saturated heterocycles. The standard InChI is InChI=1S/C13H15BrN2O5S/c1-13(12(18)19)2-3-16(7-13)22(20,21)10-5-8(11(15)17)4-9(14)6-10/h4-6H,2-3,7H2,1H3,(H2,15,17)(H,18,19). The van der Waals surface area contributed by atoms with E-state index in [1.807, 2.05) is 0 Å². The Hall–Kier alpha value is -1.45. The molecule has 1 heterocycles. The van der Waals surface area contributed by atoms with Crippen LogP contribution in [0.2, 0.25) is 0 Å². The Kier molecular flexibility index (Phi) is 4.33. The number of amides is 1. The van der Waals surface area contributed by atoms with Crippen molar-refractivity contribution in [1.82, 2.24) is 4.31 Å². The fraction of sp³-hybridized carbons (Fsp3) is 0.385. The quantitative estimate of drug-likeness (QED) is 0.795. The molecule has 1 fully saturated rings. The smallest absolute Gasteiger partial charge is 0.310 e. The Labute approximate surface area is 136 Å². The molecule has 1 aliphatic rings. The molecule has 1 aromatic carbocycles. The number of hydrogen-bond donors (Lipinski definition) is 2. The highest BCUT2D eigenvalue weighted by Gasteiger charge is 2.45. The summed E-state index contributed by atoms with van der Waals surface area (Å²) >= 11 is 3.14. The van der Waals surface area contributed by atoms with E-state index in [9.17, 15) is 23.1 Å². The van der Waals surface area contributed by atoms with Crippen molar-refractivity contribution in [3.63, 3.8) is 0 Å². The van der Waals surface area contributed by atoms with Gasteiger partial charge in [-0.05, 0) is 31.5 Å². The molecule has 22 heavy (non-hydrogen) atoms. The third-order valence-corrected chi connectivity index (χ3v) is 6.03. The second-order valence-electron chi connectivity index (χ2n) is 5.49. The van der Waals surface area contributed by atoms with E-state index in [4.69, 9.17) is 5.73 Å². The third kappa shape index (κ3) is 3.01. The Balaban J connectivity index is 2.40.